The summed E-state index contributed by atoms with van der Waals surface area (Å²) >= 11 is 0. The van der Waals surface area contributed by atoms with Crippen molar-refractivity contribution in [1.82, 2.24) is 0 Å². The van der Waals surface area contributed by atoms with Crippen molar-refractivity contribution in [3.05, 3.63) is 60.8 Å². The molecule has 0 amide bonds. The number of unbranched alkanes of at least 4 members (excludes halogenated alkanes) is 41. The van der Waals surface area contributed by atoms with E-state index >= 15 is 0 Å². The predicted molar refractivity (Wildman–Crippen MR) is 409 cm³/mol. The Morgan fingerprint density at radius 3 is 0.820 bits per heavy atom. The molecule has 0 bridgehead atoms. The van der Waals surface area contributed by atoms with Crippen molar-refractivity contribution in [1.29, 1.82) is 0 Å². The smallest absolute Gasteiger partial charge is 0.462 e. The maximum atomic E-state index is 13.1. The quantitative estimate of drug-likeness (QED) is 0.0169. The third-order valence-electron chi connectivity index (χ3n) is 17.5. The van der Waals surface area contributed by atoms with E-state index in [4.69, 9.17) is 37.0 Å². The molecule has 3 N–H and O–H groups in total. The number of aliphatic hydroxyl groups excluding tert-OH is 1. The van der Waals surface area contributed by atoms with Crippen molar-refractivity contribution in [3.8, 4) is 0 Å². The summed E-state index contributed by atoms with van der Waals surface area (Å²) in [4.78, 5) is 73.0. The molecule has 0 radical (unpaired) electrons. The summed E-state index contributed by atoms with van der Waals surface area (Å²) in [5.74, 6) is -2.16. The first kappa shape index (κ1) is 96.8. The molecule has 0 aliphatic heterocycles. The van der Waals surface area contributed by atoms with Crippen LogP contribution < -0.4 is 0 Å². The number of allylic oxidation sites excluding steroid dienone is 10. The molecule has 5 atom stereocenters. The van der Waals surface area contributed by atoms with E-state index in [1.54, 1.807) is 0 Å². The Balaban J connectivity index is 5.32. The molecule has 17 nitrogen and oxygen atoms in total. The molecule has 0 rings (SSSR count). The first-order valence-electron chi connectivity index (χ1n) is 40.5. The Hall–Kier alpha value is -3.24. The average Bonchev–Trinajstić information content (AvgIpc) is 0.965. The fourth-order valence-electron chi connectivity index (χ4n) is 11.3. The third kappa shape index (κ3) is 73.1. The van der Waals surface area contributed by atoms with Crippen LogP contribution in [0, 0.1) is 0 Å². The summed E-state index contributed by atoms with van der Waals surface area (Å²) in [6.07, 6.45) is 73.3. The van der Waals surface area contributed by atoms with Gasteiger partial charge in [-0.05, 0) is 89.9 Å². The maximum absolute atomic E-state index is 13.1. The van der Waals surface area contributed by atoms with Gasteiger partial charge in [-0.15, -0.1) is 0 Å². The average molecular weight is 1460 g/mol. The Kier molecular flexibility index (Phi) is 71.6. The predicted octanol–water partition coefficient (Wildman–Crippen LogP) is 23.5. The highest BCUT2D eigenvalue weighted by molar-refractivity contribution is 7.47. The fraction of sp³-hybridized carbons (Fsp3) is 0.827. The molecule has 0 fully saturated rings. The molecule has 0 aromatic rings. The van der Waals surface area contributed by atoms with Gasteiger partial charge < -0.3 is 33.8 Å². The Bertz CT molecular complexity index is 2130. The minimum absolute atomic E-state index is 0.0991. The zero-order chi connectivity index (χ0) is 73.2. The minimum Gasteiger partial charge on any atom is -0.462 e. The molecular formula is C81H148O17P2. The van der Waals surface area contributed by atoms with Gasteiger partial charge in [0, 0.05) is 25.7 Å². The lowest BCUT2D eigenvalue weighted by atomic mass is 10.0. The summed E-state index contributed by atoms with van der Waals surface area (Å²) in [7, 11) is -9.94. The van der Waals surface area contributed by atoms with Crippen LogP contribution in [-0.4, -0.2) is 96.7 Å². The number of ether oxygens (including phenoxy) is 4. The highest BCUT2D eigenvalue weighted by Gasteiger charge is 2.30. The van der Waals surface area contributed by atoms with Crippen LogP contribution in [-0.2, 0) is 65.4 Å². The number of carbonyl (C=O) groups is 4. The number of hydrogen-bond donors (Lipinski definition) is 3. The summed E-state index contributed by atoms with van der Waals surface area (Å²) in [6, 6.07) is 0. The lowest BCUT2D eigenvalue weighted by Crippen LogP contribution is -2.30. The maximum Gasteiger partial charge on any atom is 0.472 e. The van der Waals surface area contributed by atoms with E-state index < -0.39 is 97.5 Å². The Morgan fingerprint density at radius 2 is 0.520 bits per heavy atom. The number of rotatable bonds is 77. The standard InChI is InChI=1S/C81H148O17P2/c1-5-9-13-17-21-25-29-33-36-37-40-43-46-50-54-58-62-66-79(84)92-71-76(97-80(85)67-63-59-55-51-47-41-32-28-24-20-16-12-8-4)73-95-99(87,88)93-69-75(82)70-94-100(89,90)96-74-77(98-81(86)68-64-60-56-52-48-44-39-35-31-27-23-19-15-11-7-3)72-91-78(83)65-61-57-53-49-45-42-38-34-30-26-22-18-14-10-6-2/h9,13,21-22,25-26,33-34,36,38,75-77,82H,5-8,10-12,14-20,23-24,27-32,35,37,39-74H2,1-4H3,(H,87,88)(H,89,90)/b13-9-,25-21-,26-22-,36-33-,38-34-. The van der Waals surface area contributed by atoms with Crippen LogP contribution in [0.25, 0.3) is 0 Å². The summed E-state index contributed by atoms with van der Waals surface area (Å²) in [6.45, 7) is 4.80. The van der Waals surface area contributed by atoms with Gasteiger partial charge in [0.1, 0.15) is 19.3 Å². The molecule has 0 aromatic carbocycles. The Morgan fingerprint density at radius 1 is 0.290 bits per heavy atom. The van der Waals surface area contributed by atoms with Crippen LogP contribution in [0.3, 0.4) is 0 Å². The van der Waals surface area contributed by atoms with Crippen molar-refractivity contribution < 1.29 is 80.2 Å². The molecule has 19 heteroatoms. The second kappa shape index (κ2) is 74.0. The van der Waals surface area contributed by atoms with Crippen LogP contribution in [0.5, 0.6) is 0 Å². The van der Waals surface area contributed by atoms with Crippen LogP contribution in [0.2, 0.25) is 0 Å². The van der Waals surface area contributed by atoms with Crippen molar-refractivity contribution in [2.45, 2.75) is 393 Å². The molecule has 0 heterocycles. The van der Waals surface area contributed by atoms with Crippen LogP contribution in [0.1, 0.15) is 374 Å². The van der Waals surface area contributed by atoms with E-state index in [1.165, 1.54) is 135 Å². The van der Waals surface area contributed by atoms with E-state index in [2.05, 4.69) is 88.5 Å². The van der Waals surface area contributed by atoms with Gasteiger partial charge in [0.15, 0.2) is 12.2 Å². The van der Waals surface area contributed by atoms with E-state index in [-0.39, 0.29) is 25.7 Å². The lowest BCUT2D eigenvalue weighted by Gasteiger charge is -2.21. The molecule has 0 aliphatic carbocycles. The molecule has 584 valence electrons. The van der Waals surface area contributed by atoms with Gasteiger partial charge in [0.25, 0.3) is 0 Å². The summed E-state index contributed by atoms with van der Waals surface area (Å²) < 4.78 is 68.6. The fourth-order valence-corrected chi connectivity index (χ4v) is 12.9. The second-order valence-electron chi connectivity index (χ2n) is 27.3. The zero-order valence-corrected chi connectivity index (χ0v) is 65.7. The van der Waals surface area contributed by atoms with E-state index in [9.17, 15) is 43.2 Å². The highest BCUT2D eigenvalue weighted by Crippen LogP contribution is 2.45. The summed E-state index contributed by atoms with van der Waals surface area (Å²) in [5, 5.41) is 10.6. The topological polar surface area (TPSA) is 237 Å². The van der Waals surface area contributed by atoms with Gasteiger partial charge in [-0.25, -0.2) is 9.13 Å². The van der Waals surface area contributed by atoms with Gasteiger partial charge in [-0.1, -0.05) is 320 Å². The molecule has 0 spiro atoms. The first-order valence-corrected chi connectivity index (χ1v) is 43.5. The highest BCUT2D eigenvalue weighted by atomic mass is 31.2. The number of carbonyl (C=O) groups excluding carboxylic acids is 4. The molecule has 0 aromatic heterocycles. The molecule has 0 saturated heterocycles. The van der Waals surface area contributed by atoms with Gasteiger partial charge in [0.2, 0.25) is 0 Å². The number of esters is 4. The number of phosphoric acid groups is 2. The van der Waals surface area contributed by atoms with E-state index in [0.717, 1.165) is 161 Å². The van der Waals surface area contributed by atoms with Gasteiger partial charge in [0.05, 0.1) is 26.4 Å². The third-order valence-corrected chi connectivity index (χ3v) is 19.4. The van der Waals surface area contributed by atoms with Crippen molar-refractivity contribution in [2.75, 3.05) is 39.6 Å². The minimum atomic E-state index is -4.97. The molecule has 0 aliphatic rings. The van der Waals surface area contributed by atoms with Crippen LogP contribution in [0.15, 0.2) is 60.8 Å². The molecule has 100 heavy (non-hydrogen) atoms. The molecule has 5 unspecified atom stereocenters. The summed E-state index contributed by atoms with van der Waals surface area (Å²) in [5.41, 5.74) is 0. The zero-order valence-electron chi connectivity index (χ0n) is 63.9. The largest absolute Gasteiger partial charge is 0.472 e. The van der Waals surface area contributed by atoms with E-state index in [0.29, 0.717) is 25.7 Å². The van der Waals surface area contributed by atoms with Crippen molar-refractivity contribution >= 4 is 39.5 Å². The van der Waals surface area contributed by atoms with Crippen LogP contribution >= 0.6 is 15.6 Å². The van der Waals surface area contributed by atoms with Crippen LogP contribution in [0.4, 0.5) is 0 Å². The second-order valence-corrected chi connectivity index (χ2v) is 30.3. The number of hydrogen-bond acceptors (Lipinski definition) is 15. The number of aliphatic hydroxyl groups is 1. The lowest BCUT2D eigenvalue weighted by molar-refractivity contribution is -0.161. The van der Waals surface area contributed by atoms with Crippen molar-refractivity contribution in [2.24, 2.45) is 0 Å². The van der Waals surface area contributed by atoms with E-state index in [1.807, 2.05) is 0 Å². The van der Waals surface area contributed by atoms with Gasteiger partial charge in [-0.2, -0.15) is 0 Å². The number of phosphoric ester groups is 2. The SMILES string of the molecule is CC/C=C\C/C=C\C/C=C\CCCCCCCCCC(=O)OCC(COP(=O)(O)OCC(O)COP(=O)(O)OCC(COC(=O)CCCCCCC/C=C\C/C=C\CCCCC)OC(=O)CCCCCCCCCCCCCCCCC)OC(=O)CCCCCCCCCCCCCCC. The Labute approximate surface area is 610 Å². The first-order chi connectivity index (χ1) is 48.7. The van der Waals surface area contributed by atoms with Gasteiger partial charge >= 0.3 is 39.5 Å². The monoisotopic (exact) mass is 1460 g/mol. The molecular weight excluding hydrogens is 1310 g/mol. The normalized spacial score (nSPS) is 14.2. The molecule has 0 saturated carbocycles. The van der Waals surface area contributed by atoms with Crippen molar-refractivity contribution in [3.63, 3.8) is 0 Å². The van der Waals surface area contributed by atoms with Gasteiger partial charge in [-0.3, -0.25) is 37.3 Å².